The van der Waals surface area contributed by atoms with Crippen molar-refractivity contribution in [3.63, 3.8) is 0 Å². The molecule has 102 valence electrons. The molecule has 1 aromatic heterocycles. The molecule has 0 aliphatic heterocycles. The molecule has 4 nitrogen and oxygen atoms in total. The van der Waals surface area contributed by atoms with E-state index in [4.69, 9.17) is 0 Å². The molecule has 0 spiro atoms. The molecule has 19 heavy (non-hydrogen) atoms. The molecule has 0 fully saturated rings. The minimum absolute atomic E-state index is 0.0656. The highest BCUT2D eigenvalue weighted by Gasteiger charge is 2.12. The van der Waals surface area contributed by atoms with Gasteiger partial charge in [0.25, 0.3) is 0 Å². The van der Waals surface area contributed by atoms with Gasteiger partial charge in [0, 0.05) is 18.3 Å². The van der Waals surface area contributed by atoms with E-state index in [9.17, 15) is 4.79 Å². The van der Waals surface area contributed by atoms with E-state index in [0.717, 1.165) is 25.1 Å². The molecule has 1 N–H and O–H groups in total. The lowest BCUT2D eigenvalue weighted by Crippen LogP contribution is -2.21. The third-order valence-electron chi connectivity index (χ3n) is 3.17. The molecule has 4 heteroatoms. The highest BCUT2D eigenvalue weighted by Crippen LogP contribution is 2.19. The maximum absolute atomic E-state index is 11.6. The van der Waals surface area contributed by atoms with E-state index in [1.54, 1.807) is 6.08 Å². The van der Waals surface area contributed by atoms with Gasteiger partial charge in [0.05, 0.1) is 12.2 Å². The van der Waals surface area contributed by atoms with Crippen molar-refractivity contribution in [2.24, 2.45) is 0 Å². The summed E-state index contributed by atoms with van der Waals surface area (Å²) in [6.07, 6.45) is 6.84. The van der Waals surface area contributed by atoms with Crippen LogP contribution in [0.5, 0.6) is 0 Å². The summed E-state index contributed by atoms with van der Waals surface area (Å²) in [5, 5.41) is 2.86. The molecule has 0 radical (unpaired) electrons. The minimum Gasteiger partial charge on any atom is -0.347 e. The topological polar surface area (TPSA) is 45.2 Å². The summed E-state index contributed by atoms with van der Waals surface area (Å²) in [4.78, 5) is 18.2. The first-order chi connectivity index (χ1) is 9.15. The van der Waals surface area contributed by atoms with E-state index in [2.05, 4.69) is 16.4 Å². The Balaban J connectivity index is 1.82. The van der Waals surface area contributed by atoms with Crippen molar-refractivity contribution in [1.82, 2.24) is 15.2 Å². The van der Waals surface area contributed by atoms with Crippen molar-refractivity contribution in [3.05, 3.63) is 41.2 Å². The van der Waals surface area contributed by atoms with E-state index in [1.807, 2.05) is 31.1 Å². The number of fused-ring (bicyclic) bond motifs is 1. The molecule has 0 bridgehead atoms. The zero-order valence-corrected chi connectivity index (χ0v) is 11.6. The molecule has 0 saturated heterocycles. The number of aryl methyl sites for hydroxylation is 2. The van der Waals surface area contributed by atoms with Crippen LogP contribution in [0.2, 0.25) is 0 Å². The monoisotopic (exact) mass is 259 g/mol. The van der Waals surface area contributed by atoms with Gasteiger partial charge in [-0.15, -0.1) is 0 Å². The van der Waals surface area contributed by atoms with Gasteiger partial charge >= 0.3 is 0 Å². The number of carbonyl (C=O) groups is 1. The summed E-state index contributed by atoms with van der Waals surface area (Å²) in [5.41, 5.74) is 3.51. The fourth-order valence-corrected chi connectivity index (χ4v) is 2.17. The minimum atomic E-state index is -0.0656. The maximum Gasteiger partial charge on any atom is 0.244 e. The van der Waals surface area contributed by atoms with Crippen LogP contribution in [0, 0.1) is 0 Å². The first-order valence-electron chi connectivity index (χ1n) is 6.72. The highest BCUT2D eigenvalue weighted by atomic mass is 16.1. The number of rotatable bonds is 5. The van der Waals surface area contributed by atoms with Crippen LogP contribution in [-0.4, -0.2) is 36.4 Å². The lowest BCUT2D eigenvalue weighted by Gasteiger charge is -2.05. The predicted octanol–water partition coefficient (Wildman–Crippen LogP) is 1.30. The lowest BCUT2D eigenvalue weighted by atomic mass is 10.2. The number of pyridine rings is 1. The van der Waals surface area contributed by atoms with Crippen molar-refractivity contribution >= 4 is 5.91 Å². The van der Waals surface area contributed by atoms with Crippen molar-refractivity contribution in [2.45, 2.75) is 25.8 Å². The third-order valence-corrected chi connectivity index (χ3v) is 3.17. The number of likely N-dealkylation sites (N-methyl/N-ethyl adjacent to an activating group) is 1. The summed E-state index contributed by atoms with van der Waals surface area (Å²) in [6, 6.07) is 4.15. The molecule has 1 aromatic rings. The number of hydrogen-bond donors (Lipinski definition) is 1. The average molecular weight is 259 g/mol. The molecule has 0 saturated carbocycles. The van der Waals surface area contributed by atoms with E-state index >= 15 is 0 Å². The molecule has 1 amide bonds. The molecular formula is C15H21N3O. The fourth-order valence-electron chi connectivity index (χ4n) is 2.17. The van der Waals surface area contributed by atoms with E-state index in [1.165, 1.54) is 17.7 Å². The van der Waals surface area contributed by atoms with Crippen LogP contribution in [0.4, 0.5) is 0 Å². The molecule has 1 aliphatic carbocycles. The van der Waals surface area contributed by atoms with Gasteiger partial charge in [-0.3, -0.25) is 9.78 Å². The number of nitrogens with zero attached hydrogens (tertiary/aromatic N) is 2. The summed E-state index contributed by atoms with van der Waals surface area (Å²) in [6.45, 7) is 1.27. The van der Waals surface area contributed by atoms with Gasteiger partial charge in [0.2, 0.25) is 5.91 Å². The van der Waals surface area contributed by atoms with Crippen molar-refractivity contribution < 1.29 is 4.79 Å². The highest BCUT2D eigenvalue weighted by molar-refractivity contribution is 5.87. The molecule has 0 unspecified atom stereocenters. The SMILES string of the molecule is CN(C)C/C=C/C(=O)NCc1ccc2c(n1)CCC2. The normalized spacial score (nSPS) is 14.1. The van der Waals surface area contributed by atoms with Crippen LogP contribution in [0.15, 0.2) is 24.3 Å². The smallest absolute Gasteiger partial charge is 0.244 e. The van der Waals surface area contributed by atoms with Gasteiger partial charge < -0.3 is 10.2 Å². The summed E-state index contributed by atoms with van der Waals surface area (Å²) >= 11 is 0. The van der Waals surface area contributed by atoms with Gasteiger partial charge in [0.15, 0.2) is 0 Å². The van der Waals surface area contributed by atoms with Crippen LogP contribution in [0.1, 0.15) is 23.4 Å². The van der Waals surface area contributed by atoms with Gasteiger partial charge in [0.1, 0.15) is 0 Å². The average Bonchev–Trinajstić information content (AvgIpc) is 2.83. The second kappa shape index (κ2) is 6.48. The first kappa shape index (κ1) is 13.7. The third kappa shape index (κ3) is 4.17. The number of carbonyl (C=O) groups excluding carboxylic acids is 1. The summed E-state index contributed by atoms with van der Waals surface area (Å²) in [7, 11) is 3.94. The molecule has 1 heterocycles. The first-order valence-corrected chi connectivity index (χ1v) is 6.72. The Hall–Kier alpha value is -1.68. The second-order valence-electron chi connectivity index (χ2n) is 5.14. The van der Waals surface area contributed by atoms with Crippen molar-refractivity contribution in [3.8, 4) is 0 Å². The molecular weight excluding hydrogens is 238 g/mol. The Morgan fingerprint density at radius 3 is 3.05 bits per heavy atom. The second-order valence-corrected chi connectivity index (χ2v) is 5.14. The Morgan fingerprint density at radius 1 is 1.42 bits per heavy atom. The van der Waals surface area contributed by atoms with Gasteiger partial charge in [-0.1, -0.05) is 12.1 Å². The van der Waals surface area contributed by atoms with E-state index < -0.39 is 0 Å². The number of hydrogen-bond acceptors (Lipinski definition) is 3. The summed E-state index contributed by atoms with van der Waals surface area (Å²) < 4.78 is 0. The number of nitrogens with one attached hydrogen (secondary N) is 1. The van der Waals surface area contributed by atoms with Crippen LogP contribution in [-0.2, 0) is 24.2 Å². The van der Waals surface area contributed by atoms with Gasteiger partial charge in [-0.25, -0.2) is 0 Å². The Labute approximate surface area is 114 Å². The lowest BCUT2D eigenvalue weighted by molar-refractivity contribution is -0.116. The van der Waals surface area contributed by atoms with Crippen LogP contribution in [0.25, 0.3) is 0 Å². The number of aromatic nitrogens is 1. The van der Waals surface area contributed by atoms with Gasteiger partial charge in [-0.2, -0.15) is 0 Å². The van der Waals surface area contributed by atoms with Gasteiger partial charge in [-0.05, 0) is 45.0 Å². The molecule has 0 aromatic carbocycles. The standard InChI is InChI=1S/C15H21N3O/c1-18(2)10-4-7-15(19)16-11-13-9-8-12-5-3-6-14(12)17-13/h4,7-9H,3,5-6,10-11H2,1-2H3,(H,16,19)/b7-4+. The predicted molar refractivity (Wildman–Crippen MR) is 75.8 cm³/mol. The van der Waals surface area contributed by atoms with E-state index in [-0.39, 0.29) is 5.91 Å². The largest absolute Gasteiger partial charge is 0.347 e. The molecule has 2 rings (SSSR count). The quantitative estimate of drug-likeness (QED) is 0.811. The molecule has 0 atom stereocenters. The Morgan fingerprint density at radius 2 is 2.26 bits per heavy atom. The zero-order chi connectivity index (χ0) is 13.7. The fraction of sp³-hybridized carbons (Fsp3) is 0.467. The van der Waals surface area contributed by atoms with Crippen LogP contribution < -0.4 is 5.32 Å². The summed E-state index contributed by atoms with van der Waals surface area (Å²) in [5.74, 6) is -0.0656. The Bertz CT molecular complexity index is 480. The maximum atomic E-state index is 11.6. The Kier molecular flexibility index (Phi) is 4.68. The van der Waals surface area contributed by atoms with E-state index in [0.29, 0.717) is 6.54 Å². The van der Waals surface area contributed by atoms with Crippen LogP contribution >= 0.6 is 0 Å². The van der Waals surface area contributed by atoms with Crippen LogP contribution in [0.3, 0.4) is 0 Å². The number of amides is 1. The van der Waals surface area contributed by atoms with Crippen molar-refractivity contribution in [2.75, 3.05) is 20.6 Å². The molecule has 1 aliphatic rings. The van der Waals surface area contributed by atoms with Crippen molar-refractivity contribution in [1.29, 1.82) is 0 Å². The zero-order valence-electron chi connectivity index (χ0n) is 11.6.